The largest absolute Gasteiger partial charge is 0.308 e. The van der Waals surface area contributed by atoms with Crippen LogP contribution in [0.3, 0.4) is 0 Å². The topological polar surface area (TPSA) is 57.7 Å². The van der Waals surface area contributed by atoms with E-state index < -0.39 is 10.0 Å². The summed E-state index contributed by atoms with van der Waals surface area (Å²) in [4.78, 5) is 15.5. The number of nitrogens with zero attached hydrogens (tertiary/aromatic N) is 2. The molecule has 1 amide bonds. The number of carbonyl (C=O) groups excluding carboxylic acids is 1. The number of fused-ring (bicyclic) bond motifs is 1. The molecule has 0 bridgehead atoms. The van der Waals surface area contributed by atoms with Crippen LogP contribution in [0.25, 0.3) is 0 Å². The van der Waals surface area contributed by atoms with Gasteiger partial charge in [0.1, 0.15) is 0 Å². The Labute approximate surface area is 196 Å². The first-order valence-corrected chi connectivity index (χ1v) is 12.7. The predicted molar refractivity (Wildman–Crippen MR) is 132 cm³/mol. The van der Waals surface area contributed by atoms with Crippen LogP contribution in [0, 0.1) is 13.8 Å². The standard InChI is InChI=1S/C27H30N2O3S/c1-20-13-14-21(2)26(17-20)33(31,32)28(16-15-23-9-5-4-6-10-23)19-27(30)29-22(3)18-24-11-7-8-12-25(24)29/h4-14,17,22H,15-16,18-19H2,1-3H3. The number of hydrogen-bond acceptors (Lipinski definition) is 3. The van der Waals surface area contributed by atoms with Crippen molar-refractivity contribution >= 4 is 21.6 Å². The number of amides is 1. The van der Waals surface area contributed by atoms with Crippen LogP contribution in [0.1, 0.15) is 29.2 Å². The van der Waals surface area contributed by atoms with Crippen molar-refractivity contribution in [1.82, 2.24) is 4.31 Å². The Morgan fingerprint density at radius 2 is 1.70 bits per heavy atom. The second-order valence-electron chi connectivity index (χ2n) is 8.79. The number of sulfonamides is 1. The molecule has 3 aromatic carbocycles. The molecular formula is C27H30N2O3S. The number of rotatable bonds is 7. The van der Waals surface area contributed by atoms with Crippen molar-refractivity contribution in [2.45, 2.75) is 44.6 Å². The zero-order valence-electron chi connectivity index (χ0n) is 19.4. The summed E-state index contributed by atoms with van der Waals surface area (Å²) in [5.74, 6) is -0.200. The van der Waals surface area contributed by atoms with Crippen molar-refractivity contribution in [1.29, 1.82) is 0 Å². The Balaban J connectivity index is 1.65. The highest BCUT2D eigenvalue weighted by molar-refractivity contribution is 7.89. The molecular weight excluding hydrogens is 432 g/mol. The smallest absolute Gasteiger partial charge is 0.243 e. The highest BCUT2D eigenvalue weighted by Gasteiger charge is 2.34. The van der Waals surface area contributed by atoms with Gasteiger partial charge in [-0.15, -0.1) is 0 Å². The lowest BCUT2D eigenvalue weighted by molar-refractivity contribution is -0.119. The van der Waals surface area contributed by atoms with Crippen LogP contribution in [0.4, 0.5) is 5.69 Å². The zero-order chi connectivity index (χ0) is 23.6. The molecule has 0 radical (unpaired) electrons. The van der Waals surface area contributed by atoms with Gasteiger partial charge in [-0.25, -0.2) is 8.42 Å². The predicted octanol–water partition coefficient (Wildman–Crippen LogP) is 4.51. The van der Waals surface area contributed by atoms with E-state index in [0.717, 1.165) is 28.8 Å². The minimum atomic E-state index is -3.86. The Kier molecular flexibility index (Phi) is 6.68. The van der Waals surface area contributed by atoms with Gasteiger partial charge in [0, 0.05) is 18.3 Å². The van der Waals surface area contributed by atoms with Crippen molar-refractivity contribution in [2.75, 3.05) is 18.0 Å². The van der Waals surface area contributed by atoms with Crippen LogP contribution in [-0.4, -0.2) is 37.8 Å². The van der Waals surface area contributed by atoms with Gasteiger partial charge < -0.3 is 4.90 Å². The zero-order valence-corrected chi connectivity index (χ0v) is 20.2. The molecule has 4 rings (SSSR count). The number of carbonyl (C=O) groups is 1. The van der Waals surface area contributed by atoms with E-state index in [1.54, 1.807) is 17.9 Å². The second kappa shape index (κ2) is 9.49. The molecule has 5 nitrogen and oxygen atoms in total. The van der Waals surface area contributed by atoms with Gasteiger partial charge in [0.25, 0.3) is 0 Å². The Morgan fingerprint density at radius 3 is 2.45 bits per heavy atom. The summed E-state index contributed by atoms with van der Waals surface area (Å²) in [5, 5.41) is 0. The lowest BCUT2D eigenvalue weighted by Crippen LogP contribution is -2.45. The van der Waals surface area contributed by atoms with Gasteiger partial charge in [-0.05, 0) is 68.0 Å². The molecule has 1 aliphatic heterocycles. The molecule has 0 saturated heterocycles. The molecule has 0 fully saturated rings. The molecule has 172 valence electrons. The normalized spacial score (nSPS) is 15.6. The van der Waals surface area contributed by atoms with Crippen LogP contribution in [-0.2, 0) is 27.7 Å². The van der Waals surface area contributed by atoms with Gasteiger partial charge in [0.15, 0.2) is 0 Å². The van der Waals surface area contributed by atoms with Gasteiger partial charge in [0.2, 0.25) is 15.9 Å². The first-order valence-electron chi connectivity index (χ1n) is 11.3. The molecule has 33 heavy (non-hydrogen) atoms. The minimum Gasteiger partial charge on any atom is -0.308 e. The van der Waals surface area contributed by atoms with Crippen molar-refractivity contribution in [2.24, 2.45) is 0 Å². The average molecular weight is 463 g/mol. The maximum atomic E-state index is 13.8. The van der Waals surface area contributed by atoms with E-state index in [0.29, 0.717) is 12.0 Å². The molecule has 0 saturated carbocycles. The number of hydrogen-bond donors (Lipinski definition) is 0. The Hall–Kier alpha value is -2.96. The molecule has 1 unspecified atom stereocenters. The lowest BCUT2D eigenvalue weighted by Gasteiger charge is -2.28. The van der Waals surface area contributed by atoms with E-state index in [9.17, 15) is 13.2 Å². The third-order valence-electron chi connectivity index (χ3n) is 6.24. The molecule has 1 aliphatic rings. The molecule has 0 N–H and O–H groups in total. The Bertz CT molecular complexity index is 1260. The molecule has 0 aromatic heterocycles. The lowest BCUT2D eigenvalue weighted by atomic mass is 10.1. The molecule has 0 spiro atoms. The SMILES string of the molecule is Cc1ccc(C)c(S(=O)(=O)N(CCc2ccccc2)CC(=O)N2c3ccccc3CC2C)c1. The maximum Gasteiger partial charge on any atom is 0.243 e. The highest BCUT2D eigenvalue weighted by Crippen LogP contribution is 2.32. The summed E-state index contributed by atoms with van der Waals surface area (Å²) >= 11 is 0. The van der Waals surface area contributed by atoms with E-state index in [-0.39, 0.29) is 29.9 Å². The summed E-state index contributed by atoms with van der Waals surface area (Å²) < 4.78 is 28.9. The van der Waals surface area contributed by atoms with E-state index in [1.807, 2.05) is 80.6 Å². The molecule has 0 aliphatic carbocycles. The summed E-state index contributed by atoms with van der Waals surface area (Å²) in [5.41, 5.74) is 4.58. The third kappa shape index (κ3) is 4.87. The van der Waals surface area contributed by atoms with E-state index in [2.05, 4.69) is 0 Å². The van der Waals surface area contributed by atoms with E-state index >= 15 is 0 Å². The number of anilines is 1. The average Bonchev–Trinajstić information content (AvgIpc) is 3.14. The van der Waals surface area contributed by atoms with Gasteiger partial charge in [-0.2, -0.15) is 4.31 Å². The summed E-state index contributed by atoms with van der Waals surface area (Å²) in [6, 6.07) is 23.0. The summed E-state index contributed by atoms with van der Waals surface area (Å²) in [6.07, 6.45) is 1.31. The number of benzene rings is 3. The van der Waals surface area contributed by atoms with E-state index in [4.69, 9.17) is 0 Å². The van der Waals surface area contributed by atoms with Crippen LogP contribution in [0.15, 0.2) is 77.7 Å². The fourth-order valence-electron chi connectivity index (χ4n) is 4.48. The fraction of sp³-hybridized carbons (Fsp3) is 0.296. The molecule has 3 aromatic rings. The first-order chi connectivity index (χ1) is 15.8. The van der Waals surface area contributed by atoms with Crippen molar-refractivity contribution < 1.29 is 13.2 Å². The first kappa shape index (κ1) is 23.2. The highest BCUT2D eigenvalue weighted by atomic mass is 32.2. The monoisotopic (exact) mass is 462 g/mol. The van der Waals surface area contributed by atoms with Crippen molar-refractivity contribution in [3.05, 3.63) is 95.1 Å². The van der Waals surface area contributed by atoms with Gasteiger partial charge in [-0.3, -0.25) is 4.79 Å². The third-order valence-corrected chi connectivity index (χ3v) is 8.23. The van der Waals surface area contributed by atoms with Gasteiger partial charge >= 0.3 is 0 Å². The van der Waals surface area contributed by atoms with Crippen LogP contribution in [0.2, 0.25) is 0 Å². The Morgan fingerprint density at radius 1 is 1.00 bits per heavy atom. The summed E-state index contributed by atoms with van der Waals surface area (Å²) in [7, 11) is -3.86. The summed E-state index contributed by atoms with van der Waals surface area (Å²) in [6.45, 7) is 5.71. The van der Waals surface area contributed by atoms with Gasteiger partial charge in [-0.1, -0.05) is 60.7 Å². The van der Waals surface area contributed by atoms with E-state index in [1.165, 1.54) is 4.31 Å². The van der Waals surface area contributed by atoms with Crippen LogP contribution < -0.4 is 4.90 Å². The molecule has 6 heteroatoms. The minimum absolute atomic E-state index is 0.00529. The van der Waals surface area contributed by atoms with Gasteiger partial charge in [0.05, 0.1) is 11.4 Å². The molecule has 1 heterocycles. The maximum absolute atomic E-state index is 13.8. The second-order valence-corrected chi connectivity index (χ2v) is 10.7. The number of aryl methyl sites for hydroxylation is 2. The van der Waals surface area contributed by atoms with Crippen molar-refractivity contribution in [3.63, 3.8) is 0 Å². The van der Waals surface area contributed by atoms with Crippen LogP contribution >= 0.6 is 0 Å². The fourth-order valence-corrected chi connectivity index (χ4v) is 6.18. The van der Waals surface area contributed by atoms with Crippen LogP contribution in [0.5, 0.6) is 0 Å². The van der Waals surface area contributed by atoms with Crippen molar-refractivity contribution in [3.8, 4) is 0 Å². The molecule has 1 atom stereocenters. The number of para-hydroxylation sites is 1. The quantitative estimate of drug-likeness (QED) is 0.519.